The molecule has 2 atom stereocenters. The molecule has 0 spiro atoms. The van der Waals surface area contributed by atoms with Crippen molar-refractivity contribution in [2.24, 2.45) is 0 Å². The second kappa shape index (κ2) is 9.30. The number of ether oxygens (including phenoxy) is 1. The molecule has 1 aliphatic carbocycles. The lowest BCUT2D eigenvalue weighted by atomic mass is 10.00. The molecule has 2 N–H and O–H groups in total. The Kier molecular flexibility index (Phi) is 6.19. The van der Waals surface area contributed by atoms with Gasteiger partial charge in [0.15, 0.2) is 0 Å². The van der Waals surface area contributed by atoms with Crippen LogP contribution in [0.15, 0.2) is 53.4 Å². The van der Waals surface area contributed by atoms with Gasteiger partial charge in [-0.3, -0.25) is 4.79 Å². The SMILES string of the molecule is Cc1cccc(C)c1-c1cc2nc(n1)NS(=O)(=O)c1cccc(c1)C(=O)NC1CCCCCC1O2. The van der Waals surface area contributed by atoms with E-state index in [1.54, 1.807) is 18.2 Å². The van der Waals surface area contributed by atoms with E-state index < -0.39 is 10.0 Å². The van der Waals surface area contributed by atoms with Gasteiger partial charge in [-0.15, -0.1) is 0 Å². The maximum Gasteiger partial charge on any atom is 0.264 e. The highest BCUT2D eigenvalue weighted by Gasteiger charge is 2.29. The third kappa shape index (κ3) is 4.86. The Bertz CT molecular complexity index is 1370. The van der Waals surface area contributed by atoms with Gasteiger partial charge < -0.3 is 10.1 Å². The quantitative estimate of drug-likeness (QED) is 0.522. The molecule has 1 fully saturated rings. The molecule has 1 saturated carbocycles. The van der Waals surface area contributed by atoms with Crippen LogP contribution in [0, 0.1) is 13.8 Å². The van der Waals surface area contributed by atoms with Crippen molar-refractivity contribution in [1.82, 2.24) is 15.3 Å². The Balaban J connectivity index is 1.68. The molecule has 1 aromatic heterocycles. The van der Waals surface area contributed by atoms with Crippen molar-refractivity contribution < 1.29 is 17.9 Å². The van der Waals surface area contributed by atoms with Crippen LogP contribution in [0.25, 0.3) is 11.3 Å². The number of carbonyl (C=O) groups excluding carboxylic acids is 1. The van der Waals surface area contributed by atoms with Crippen LogP contribution in [0.1, 0.15) is 53.6 Å². The fourth-order valence-electron chi connectivity index (χ4n) is 4.85. The number of aromatic nitrogens is 2. The molecule has 2 heterocycles. The molecule has 2 aromatic carbocycles. The average molecular weight is 493 g/mol. The lowest BCUT2D eigenvalue weighted by molar-refractivity contribution is 0.0853. The maximum absolute atomic E-state index is 13.2. The van der Waals surface area contributed by atoms with Gasteiger partial charge in [0, 0.05) is 17.2 Å². The number of rotatable bonds is 1. The van der Waals surface area contributed by atoms with Crippen molar-refractivity contribution >= 4 is 21.9 Å². The van der Waals surface area contributed by atoms with Crippen LogP contribution in [0.5, 0.6) is 5.88 Å². The van der Waals surface area contributed by atoms with Crippen LogP contribution in [0.3, 0.4) is 0 Å². The smallest absolute Gasteiger partial charge is 0.264 e. The largest absolute Gasteiger partial charge is 0.472 e. The third-order valence-corrected chi connectivity index (χ3v) is 7.94. The highest BCUT2D eigenvalue weighted by molar-refractivity contribution is 7.92. The van der Waals surface area contributed by atoms with E-state index in [2.05, 4.69) is 20.0 Å². The van der Waals surface area contributed by atoms with Gasteiger partial charge in [0.25, 0.3) is 15.9 Å². The summed E-state index contributed by atoms with van der Waals surface area (Å²) in [6, 6.07) is 13.5. The van der Waals surface area contributed by atoms with Gasteiger partial charge >= 0.3 is 0 Å². The van der Waals surface area contributed by atoms with Gasteiger partial charge in [-0.2, -0.15) is 4.98 Å². The highest BCUT2D eigenvalue weighted by atomic mass is 32.2. The fourth-order valence-corrected chi connectivity index (χ4v) is 5.84. The topological polar surface area (TPSA) is 110 Å². The summed E-state index contributed by atoms with van der Waals surface area (Å²) in [6.07, 6.45) is 4.24. The van der Waals surface area contributed by atoms with Crippen LogP contribution in [0.2, 0.25) is 0 Å². The Labute approximate surface area is 205 Å². The number of nitrogens with zero attached hydrogens (tertiary/aromatic N) is 2. The Morgan fingerprint density at radius 3 is 2.49 bits per heavy atom. The molecule has 9 heteroatoms. The van der Waals surface area contributed by atoms with Crippen molar-refractivity contribution in [2.45, 2.75) is 63.0 Å². The van der Waals surface area contributed by atoms with Crippen molar-refractivity contribution in [1.29, 1.82) is 0 Å². The number of fused-ring (bicyclic) bond motifs is 5. The minimum atomic E-state index is -4.04. The molecule has 2 unspecified atom stereocenters. The first-order valence-electron chi connectivity index (χ1n) is 11.9. The first-order chi connectivity index (χ1) is 16.8. The van der Waals surface area contributed by atoms with Crippen LogP contribution < -0.4 is 14.8 Å². The number of aryl methyl sites for hydroxylation is 2. The van der Waals surface area contributed by atoms with E-state index in [0.29, 0.717) is 5.69 Å². The van der Waals surface area contributed by atoms with Crippen LogP contribution in [-0.4, -0.2) is 36.4 Å². The molecule has 1 amide bonds. The summed E-state index contributed by atoms with van der Waals surface area (Å²) in [5, 5.41) is 3.08. The summed E-state index contributed by atoms with van der Waals surface area (Å²) in [5.74, 6) is -0.127. The summed E-state index contributed by atoms with van der Waals surface area (Å²) < 4.78 is 35.3. The van der Waals surface area contributed by atoms with E-state index in [9.17, 15) is 13.2 Å². The summed E-state index contributed by atoms with van der Waals surface area (Å²) in [5.41, 5.74) is 3.76. The predicted molar refractivity (Wildman–Crippen MR) is 133 cm³/mol. The number of sulfonamides is 1. The van der Waals surface area contributed by atoms with Crippen molar-refractivity contribution in [2.75, 3.05) is 4.72 Å². The molecule has 8 nitrogen and oxygen atoms in total. The van der Waals surface area contributed by atoms with E-state index in [0.717, 1.165) is 48.8 Å². The molecule has 0 saturated heterocycles. The zero-order valence-electron chi connectivity index (χ0n) is 19.7. The molecule has 1 aliphatic heterocycles. The molecular formula is C26H28N4O4S. The number of anilines is 1. The minimum absolute atomic E-state index is 0.0367. The third-order valence-electron chi connectivity index (χ3n) is 6.61. The lowest BCUT2D eigenvalue weighted by Gasteiger charge is -2.27. The monoisotopic (exact) mass is 492 g/mol. The Hall–Kier alpha value is -3.46. The molecule has 5 rings (SSSR count). The van der Waals surface area contributed by atoms with E-state index >= 15 is 0 Å². The molecule has 3 aromatic rings. The Morgan fingerprint density at radius 1 is 0.943 bits per heavy atom. The second-order valence-electron chi connectivity index (χ2n) is 9.19. The highest BCUT2D eigenvalue weighted by Crippen LogP contribution is 2.31. The molecule has 2 aliphatic rings. The summed E-state index contributed by atoms with van der Waals surface area (Å²) in [4.78, 5) is 22.0. The van der Waals surface area contributed by atoms with Gasteiger partial charge in [-0.1, -0.05) is 37.1 Å². The number of amides is 1. The molecular weight excluding hydrogens is 464 g/mol. The molecule has 182 valence electrons. The van der Waals surface area contributed by atoms with Gasteiger partial charge in [-0.25, -0.2) is 18.1 Å². The molecule has 4 bridgehead atoms. The fraction of sp³-hybridized carbons (Fsp3) is 0.346. The van der Waals surface area contributed by atoms with Gasteiger partial charge in [0.1, 0.15) is 6.10 Å². The summed E-state index contributed by atoms with van der Waals surface area (Å²) in [7, 11) is -4.04. The zero-order valence-corrected chi connectivity index (χ0v) is 20.6. The van der Waals surface area contributed by atoms with E-state index in [1.807, 2.05) is 32.0 Å². The summed E-state index contributed by atoms with van der Waals surface area (Å²) >= 11 is 0. The molecule has 35 heavy (non-hydrogen) atoms. The number of carbonyl (C=O) groups is 1. The van der Waals surface area contributed by atoms with E-state index in [4.69, 9.17) is 4.74 Å². The lowest BCUT2D eigenvalue weighted by Crippen LogP contribution is -2.45. The number of hydrogen-bond donors (Lipinski definition) is 2. The van der Waals surface area contributed by atoms with Gasteiger partial charge in [-0.05, 0) is 62.4 Å². The normalized spacial score (nSPS) is 21.5. The Morgan fingerprint density at radius 2 is 1.69 bits per heavy atom. The second-order valence-corrected chi connectivity index (χ2v) is 10.9. The first kappa shape index (κ1) is 23.3. The minimum Gasteiger partial charge on any atom is -0.472 e. The molecule has 0 radical (unpaired) electrons. The standard InChI is InChI=1S/C26H28N4O4S/c1-16-8-6-9-17(2)24(16)21-15-23-29-26(28-21)30-35(32,33)19-11-7-10-18(14-19)25(31)27-20-12-4-3-5-13-22(20)34-23/h6-11,14-15,20,22H,3-5,12-13H2,1-2H3,(H,27,31)(H,28,29,30). The zero-order chi connectivity index (χ0) is 24.6. The maximum atomic E-state index is 13.2. The predicted octanol–water partition coefficient (Wildman–Crippen LogP) is 4.38. The van der Waals surface area contributed by atoms with Crippen molar-refractivity contribution in [3.8, 4) is 17.1 Å². The van der Waals surface area contributed by atoms with Crippen molar-refractivity contribution in [3.63, 3.8) is 0 Å². The summed E-state index contributed by atoms with van der Waals surface area (Å²) in [6.45, 7) is 3.97. The van der Waals surface area contributed by atoms with Gasteiger partial charge in [0.05, 0.1) is 16.6 Å². The van der Waals surface area contributed by atoms with E-state index in [-0.39, 0.29) is 40.3 Å². The first-order valence-corrected chi connectivity index (χ1v) is 13.3. The number of benzene rings is 2. The van der Waals surface area contributed by atoms with E-state index in [1.165, 1.54) is 12.1 Å². The van der Waals surface area contributed by atoms with Crippen LogP contribution >= 0.6 is 0 Å². The van der Waals surface area contributed by atoms with Crippen molar-refractivity contribution in [3.05, 3.63) is 65.2 Å². The van der Waals surface area contributed by atoms with Crippen LogP contribution in [0.4, 0.5) is 5.95 Å². The van der Waals surface area contributed by atoms with Gasteiger partial charge in [0.2, 0.25) is 11.8 Å². The number of hydrogen-bond acceptors (Lipinski definition) is 6. The van der Waals surface area contributed by atoms with Crippen LogP contribution in [-0.2, 0) is 10.0 Å². The number of nitrogens with one attached hydrogen (secondary N) is 2. The average Bonchev–Trinajstić information content (AvgIpc) is 3.03.